The van der Waals surface area contributed by atoms with Crippen LogP contribution in [0.2, 0.25) is 0 Å². The number of nitrogens with zero attached hydrogens (tertiary/aromatic N) is 1. The van der Waals surface area contributed by atoms with E-state index in [1.807, 2.05) is 18.3 Å². The lowest BCUT2D eigenvalue weighted by atomic mass is 9.41. The molecule has 6 bridgehead atoms. The highest BCUT2D eigenvalue weighted by atomic mass is 16.4. The van der Waals surface area contributed by atoms with Crippen LogP contribution < -0.4 is 16.4 Å². The number of carbonyl (C=O) groups is 3. The molecular weight excluding hydrogens is 703 g/mol. The molecule has 7 N–H and O–H groups in total. The van der Waals surface area contributed by atoms with Crippen LogP contribution in [0, 0.1) is 35.5 Å². The molecule has 0 spiro atoms. The topological polar surface area (TPSA) is 170 Å². The van der Waals surface area contributed by atoms with Crippen molar-refractivity contribution >= 4 is 41.1 Å². The molecule has 5 aliphatic rings. The number of nitrogens with one attached hydrogen (secondary N) is 3. The fourth-order valence-corrected chi connectivity index (χ4v) is 12.0. The Morgan fingerprint density at radius 2 is 1.86 bits per heavy atom. The number of aromatic nitrogens is 1. The molecule has 2 aromatic carbocycles. The number of aldehydes is 2. The summed E-state index contributed by atoms with van der Waals surface area (Å²) in [5, 5.41) is 29.6. The van der Waals surface area contributed by atoms with Gasteiger partial charge in [-0.15, -0.1) is 0 Å². The van der Waals surface area contributed by atoms with Gasteiger partial charge in [-0.1, -0.05) is 61.7 Å². The Morgan fingerprint density at radius 1 is 1.02 bits per heavy atom. The van der Waals surface area contributed by atoms with Crippen molar-refractivity contribution in [2.45, 2.75) is 100 Å². The molecule has 10 nitrogen and oxygen atoms in total. The van der Waals surface area contributed by atoms with E-state index in [9.17, 15) is 24.6 Å². The van der Waals surface area contributed by atoms with Gasteiger partial charge < -0.3 is 41.2 Å². The van der Waals surface area contributed by atoms with E-state index in [0.29, 0.717) is 55.4 Å². The van der Waals surface area contributed by atoms with Crippen molar-refractivity contribution in [3.05, 3.63) is 89.2 Å². The normalized spacial score (nSPS) is 30.8. The van der Waals surface area contributed by atoms with E-state index in [2.05, 4.69) is 63.1 Å². The Morgan fingerprint density at radius 3 is 2.62 bits per heavy atom. The van der Waals surface area contributed by atoms with Gasteiger partial charge in [0.05, 0.1) is 11.6 Å². The fourth-order valence-electron chi connectivity index (χ4n) is 12.0. The van der Waals surface area contributed by atoms with E-state index in [0.717, 1.165) is 87.3 Å². The van der Waals surface area contributed by atoms with Crippen LogP contribution in [-0.4, -0.2) is 64.4 Å². The number of benzene rings is 2. The Labute approximate surface area is 329 Å². The quantitative estimate of drug-likeness (QED) is 0.0370. The van der Waals surface area contributed by atoms with Crippen molar-refractivity contribution in [1.82, 2.24) is 10.3 Å². The summed E-state index contributed by atoms with van der Waals surface area (Å²) in [7, 11) is 0. The van der Waals surface area contributed by atoms with Gasteiger partial charge in [-0.3, -0.25) is 4.99 Å². The lowest BCUT2D eigenvalue weighted by Gasteiger charge is -2.65. The first-order valence-electron chi connectivity index (χ1n) is 21.0. The maximum absolute atomic E-state index is 12.8. The van der Waals surface area contributed by atoms with Crippen molar-refractivity contribution in [3.63, 3.8) is 0 Å². The summed E-state index contributed by atoms with van der Waals surface area (Å²) >= 11 is 0. The van der Waals surface area contributed by atoms with Crippen LogP contribution in [-0.2, 0) is 20.8 Å². The number of aliphatic hydroxyl groups is 1. The van der Waals surface area contributed by atoms with Gasteiger partial charge >= 0.3 is 5.97 Å². The average molecular weight is 760 g/mol. The Kier molecular flexibility index (Phi) is 11.2. The van der Waals surface area contributed by atoms with Crippen LogP contribution in [0.5, 0.6) is 0 Å². The van der Waals surface area contributed by atoms with Crippen LogP contribution in [0.3, 0.4) is 0 Å². The summed E-state index contributed by atoms with van der Waals surface area (Å²) in [5.74, 6) is 2.37. The molecule has 1 aliphatic heterocycles. The first-order chi connectivity index (χ1) is 27.3. The maximum atomic E-state index is 12.8. The van der Waals surface area contributed by atoms with Crippen LogP contribution >= 0.6 is 0 Å². The van der Waals surface area contributed by atoms with Gasteiger partial charge in [-0.05, 0) is 138 Å². The van der Waals surface area contributed by atoms with Crippen molar-refractivity contribution in [1.29, 1.82) is 0 Å². The predicted molar refractivity (Wildman–Crippen MR) is 219 cm³/mol. The van der Waals surface area contributed by atoms with E-state index in [1.165, 1.54) is 28.0 Å². The molecule has 4 aliphatic carbocycles. The van der Waals surface area contributed by atoms with Gasteiger partial charge in [0.1, 0.15) is 18.4 Å². The van der Waals surface area contributed by atoms with Gasteiger partial charge in [0.2, 0.25) is 0 Å². The van der Waals surface area contributed by atoms with Gasteiger partial charge in [-0.2, -0.15) is 0 Å². The second kappa shape index (κ2) is 16.4. The number of allylic oxidation sites excluding steroid dienone is 2. The van der Waals surface area contributed by atoms with Gasteiger partial charge in [-0.25, -0.2) is 4.79 Å². The number of aliphatic carboxylic acids is 1. The zero-order valence-electron chi connectivity index (χ0n) is 32.2. The molecule has 10 atom stereocenters. The van der Waals surface area contributed by atoms with E-state index >= 15 is 0 Å². The van der Waals surface area contributed by atoms with E-state index < -0.39 is 11.5 Å². The Balaban J connectivity index is 1.22. The zero-order chi connectivity index (χ0) is 38.8. The highest BCUT2D eigenvalue weighted by Gasteiger charge is 2.63. The Hall–Kier alpha value is -4.70. The first kappa shape index (κ1) is 38.2. The molecule has 0 saturated heterocycles. The third kappa shape index (κ3) is 7.21. The number of carboxylic acid groups (broad SMARTS) is 1. The molecule has 10 heteroatoms. The van der Waals surface area contributed by atoms with Crippen molar-refractivity contribution in [2.24, 2.45) is 46.2 Å². The minimum absolute atomic E-state index is 0.00661. The summed E-state index contributed by atoms with van der Waals surface area (Å²) < 4.78 is 0. The summed E-state index contributed by atoms with van der Waals surface area (Å²) in [4.78, 5) is 43.9. The zero-order valence-corrected chi connectivity index (χ0v) is 32.2. The number of hydrogen-bond donors (Lipinski definition) is 6. The van der Waals surface area contributed by atoms with E-state index in [4.69, 9.17) is 5.73 Å². The number of carbonyl (C=O) groups excluding carboxylic acids is 2. The largest absolute Gasteiger partial charge is 0.478 e. The maximum Gasteiger partial charge on any atom is 0.328 e. The summed E-state index contributed by atoms with van der Waals surface area (Å²) in [6.45, 7) is 0.657. The first-order valence-corrected chi connectivity index (χ1v) is 21.0. The minimum atomic E-state index is -0.955. The van der Waals surface area contributed by atoms with Crippen molar-refractivity contribution < 1.29 is 24.6 Å². The van der Waals surface area contributed by atoms with E-state index in [-0.39, 0.29) is 36.3 Å². The average Bonchev–Trinajstić information content (AvgIpc) is 3.71. The second-order valence-corrected chi connectivity index (χ2v) is 17.2. The number of nitrogens with two attached hydrogens (primary N) is 1. The van der Waals surface area contributed by atoms with Crippen LogP contribution in [0.4, 0.5) is 5.82 Å². The second-order valence-electron chi connectivity index (χ2n) is 17.2. The lowest BCUT2D eigenvalue weighted by molar-refractivity contribution is -0.131. The van der Waals surface area contributed by atoms with Crippen molar-refractivity contribution in [3.8, 4) is 0 Å². The van der Waals surface area contributed by atoms with Crippen molar-refractivity contribution in [2.75, 3.05) is 18.5 Å². The number of fused-ring (bicyclic) bond motifs is 7. The number of unbranched alkanes of at least 4 members (excludes halogenated alkanes) is 2. The number of aliphatic hydroxyl groups excluding tert-OH is 1. The summed E-state index contributed by atoms with van der Waals surface area (Å²) in [6.07, 6.45) is 20.7. The summed E-state index contributed by atoms with van der Waals surface area (Å²) in [6, 6.07) is 15.1. The molecule has 1 aromatic heterocycles. The molecule has 2 saturated carbocycles. The summed E-state index contributed by atoms with van der Waals surface area (Å²) in [5.41, 5.74) is 10.4. The highest BCUT2D eigenvalue weighted by Crippen LogP contribution is 2.68. The smallest absolute Gasteiger partial charge is 0.328 e. The molecule has 0 radical (unpaired) electrons. The number of rotatable bonds is 17. The molecule has 296 valence electrons. The van der Waals surface area contributed by atoms with Crippen LogP contribution in [0.25, 0.3) is 10.8 Å². The third-order valence-electron chi connectivity index (χ3n) is 14.2. The Bertz CT molecular complexity index is 2010. The highest BCUT2D eigenvalue weighted by molar-refractivity contribution is 5.86. The molecule has 0 amide bonds. The fraction of sp³-hybridized carbons (Fsp3) is 0.522. The lowest BCUT2D eigenvalue weighted by Crippen LogP contribution is -2.64. The number of anilines is 1. The monoisotopic (exact) mass is 759 g/mol. The SMILES string of the molecule is NC1=NCCC(C(=CC(=O)O)C2(Nc3ccc[nH]3)CCC3CC2C2C4C=CC(CCCCCC(C=O)CCCO)C2c2cc5cc(CC=O)ccc5cc2C34)N1. The predicted octanol–water partition coefficient (Wildman–Crippen LogP) is 7.02. The number of aliphatic imine (C=N–C) groups is 1. The van der Waals surface area contributed by atoms with E-state index in [1.54, 1.807) is 0 Å². The molecule has 2 fully saturated rings. The number of aromatic amines is 1. The molecule has 56 heavy (non-hydrogen) atoms. The molecular formula is C46H57N5O5. The third-order valence-corrected chi connectivity index (χ3v) is 14.2. The molecule has 3 aromatic rings. The minimum Gasteiger partial charge on any atom is -0.478 e. The number of hydrogen-bond acceptors (Lipinski definition) is 8. The van der Waals surface area contributed by atoms with Crippen LogP contribution in [0.15, 0.2) is 77.5 Å². The number of carboxylic acids is 1. The standard InChI is InChI=1S/C46H57N5O5/c47-45-49-19-15-39(50-45)37(26-41(55)56)46(51-40-9-4-18-48-40)17-14-32-25-38(46)44-34-13-12-30(8-3-1-2-6-29(27-54)7-5-20-52)43(44)36-24-33-22-28(16-21-53)10-11-31(33)23-35(36)42(32)34/h4,9-13,18,21-24,26-27,29-30,32,34,38-39,42-44,48,51-52H,1-3,5-8,14-17,19-20,25H2,(H,55,56)(H3,47,49,50). The molecule has 8 rings (SSSR count). The van der Waals surface area contributed by atoms with Gasteiger partial charge in [0.15, 0.2) is 5.96 Å². The van der Waals surface area contributed by atoms with Gasteiger partial charge in [0.25, 0.3) is 0 Å². The molecule has 10 unspecified atom stereocenters. The van der Waals surface area contributed by atoms with Gasteiger partial charge in [0, 0.05) is 37.8 Å². The molecule has 2 heterocycles. The number of H-pyrrole nitrogens is 1. The number of guanidine groups is 1. The van der Waals surface area contributed by atoms with Crippen LogP contribution in [0.1, 0.15) is 99.2 Å².